The van der Waals surface area contributed by atoms with E-state index in [2.05, 4.69) is 0 Å². The molecule has 2 aliphatic heterocycles. The molecule has 0 unspecified atom stereocenters. The molecule has 0 aromatic heterocycles. The lowest BCUT2D eigenvalue weighted by molar-refractivity contribution is -0.385. The van der Waals surface area contributed by atoms with E-state index in [0.29, 0.717) is 35.7 Å². The molecule has 2 heterocycles. The maximum Gasteiger partial charge on any atom is 0.334 e. The van der Waals surface area contributed by atoms with Gasteiger partial charge in [-0.25, -0.2) is 4.79 Å². The highest BCUT2D eigenvalue weighted by Crippen LogP contribution is 2.39. The Morgan fingerprint density at radius 2 is 1.95 bits per heavy atom. The minimum absolute atomic E-state index is 0.0363. The minimum atomic E-state index is -0.519. The first-order valence-corrected chi connectivity index (χ1v) is 5.61. The summed E-state index contributed by atoms with van der Waals surface area (Å²) in [5.74, 6) is 0.332. The highest BCUT2D eigenvalue weighted by molar-refractivity contribution is 5.96. The van der Waals surface area contributed by atoms with Crippen LogP contribution < -0.4 is 9.47 Å². The molecule has 7 heteroatoms. The molecule has 1 fully saturated rings. The van der Waals surface area contributed by atoms with Gasteiger partial charge in [0.15, 0.2) is 11.5 Å². The number of ether oxygens (including phenoxy) is 3. The largest absolute Gasteiger partial charge is 0.462 e. The van der Waals surface area contributed by atoms with Gasteiger partial charge in [-0.05, 0) is 12.1 Å². The summed E-state index contributed by atoms with van der Waals surface area (Å²) in [5.41, 5.74) is 0.599. The molecule has 1 aromatic carbocycles. The lowest BCUT2D eigenvalue weighted by Crippen LogP contribution is -1.96. The zero-order valence-electron chi connectivity index (χ0n) is 9.75. The lowest BCUT2D eigenvalue weighted by Gasteiger charge is -2.01. The molecule has 98 valence electrons. The molecular weight excluding hydrogens is 254 g/mol. The third-order valence-corrected chi connectivity index (χ3v) is 2.92. The summed E-state index contributed by atoms with van der Waals surface area (Å²) < 4.78 is 15.1. The maximum absolute atomic E-state index is 11.4. The van der Waals surface area contributed by atoms with Crippen LogP contribution in [0.4, 0.5) is 5.69 Å². The van der Waals surface area contributed by atoms with Gasteiger partial charge >= 0.3 is 5.97 Å². The molecular formula is C12H9NO6. The quantitative estimate of drug-likeness (QED) is 0.349. The van der Waals surface area contributed by atoms with Crippen molar-refractivity contribution in [2.24, 2.45) is 0 Å². The van der Waals surface area contributed by atoms with E-state index in [1.54, 1.807) is 0 Å². The number of cyclic esters (lactones) is 1. The van der Waals surface area contributed by atoms with Crippen LogP contribution in [0.15, 0.2) is 17.7 Å². The summed E-state index contributed by atoms with van der Waals surface area (Å²) in [4.78, 5) is 21.9. The summed E-state index contributed by atoms with van der Waals surface area (Å²) in [6.45, 7) is 0.345. The average Bonchev–Trinajstić information content (AvgIpc) is 2.97. The smallest absolute Gasteiger partial charge is 0.334 e. The van der Waals surface area contributed by atoms with Gasteiger partial charge in [-0.1, -0.05) is 0 Å². The number of hydrogen-bond acceptors (Lipinski definition) is 6. The zero-order chi connectivity index (χ0) is 13.4. The van der Waals surface area contributed by atoms with Gasteiger partial charge in [-0.15, -0.1) is 0 Å². The Morgan fingerprint density at radius 3 is 2.58 bits per heavy atom. The molecule has 2 aliphatic rings. The van der Waals surface area contributed by atoms with Gasteiger partial charge in [0, 0.05) is 12.0 Å². The number of carbonyl (C=O) groups excluding carboxylic acids is 1. The molecule has 7 nitrogen and oxygen atoms in total. The summed E-state index contributed by atoms with van der Waals surface area (Å²) in [5, 5.41) is 11.0. The Kier molecular flexibility index (Phi) is 2.59. The number of esters is 1. The van der Waals surface area contributed by atoms with Crippen molar-refractivity contribution in [2.75, 3.05) is 13.4 Å². The predicted molar refractivity (Wildman–Crippen MR) is 62.8 cm³/mol. The Bertz CT molecular complexity index is 606. The molecule has 0 N–H and O–H groups in total. The predicted octanol–water partition coefficient (Wildman–Crippen LogP) is 1.65. The van der Waals surface area contributed by atoms with Gasteiger partial charge in [0.25, 0.3) is 5.69 Å². The third-order valence-electron chi connectivity index (χ3n) is 2.92. The van der Waals surface area contributed by atoms with Crippen LogP contribution in [0.3, 0.4) is 0 Å². The van der Waals surface area contributed by atoms with Crippen LogP contribution in [0.5, 0.6) is 11.5 Å². The van der Waals surface area contributed by atoms with Crippen molar-refractivity contribution in [1.82, 2.24) is 0 Å². The second kappa shape index (κ2) is 4.27. The maximum atomic E-state index is 11.4. The van der Waals surface area contributed by atoms with Crippen LogP contribution in [0.1, 0.15) is 12.0 Å². The lowest BCUT2D eigenvalue weighted by atomic mass is 10.1. The number of benzene rings is 1. The van der Waals surface area contributed by atoms with E-state index in [9.17, 15) is 14.9 Å². The fraction of sp³-hybridized carbons (Fsp3) is 0.250. The zero-order valence-corrected chi connectivity index (χ0v) is 9.75. The fourth-order valence-electron chi connectivity index (χ4n) is 1.99. The molecule has 0 spiro atoms. The van der Waals surface area contributed by atoms with Crippen molar-refractivity contribution < 1.29 is 23.9 Å². The number of carbonyl (C=O) groups is 1. The first-order chi connectivity index (χ1) is 9.15. The molecule has 1 aromatic rings. The number of nitro benzene ring substituents is 1. The summed E-state index contributed by atoms with van der Waals surface area (Å²) >= 11 is 0. The van der Waals surface area contributed by atoms with Crippen LogP contribution in [0.25, 0.3) is 6.08 Å². The van der Waals surface area contributed by atoms with Crippen molar-refractivity contribution in [3.63, 3.8) is 0 Å². The van der Waals surface area contributed by atoms with Crippen LogP contribution in [0.2, 0.25) is 0 Å². The summed E-state index contributed by atoms with van der Waals surface area (Å²) in [6.07, 6.45) is 1.92. The second-order valence-corrected chi connectivity index (χ2v) is 4.08. The van der Waals surface area contributed by atoms with E-state index in [1.165, 1.54) is 18.2 Å². The number of fused-ring (bicyclic) bond motifs is 1. The molecule has 0 aliphatic carbocycles. The normalized spacial score (nSPS) is 18.7. The van der Waals surface area contributed by atoms with Gasteiger partial charge in [0.1, 0.15) is 0 Å². The fourth-order valence-corrected chi connectivity index (χ4v) is 1.99. The number of hydrogen-bond donors (Lipinski definition) is 0. The molecule has 0 bridgehead atoms. The van der Waals surface area contributed by atoms with E-state index in [4.69, 9.17) is 14.2 Å². The average molecular weight is 263 g/mol. The highest BCUT2D eigenvalue weighted by atomic mass is 16.7. The molecule has 3 rings (SSSR count). The topological polar surface area (TPSA) is 87.9 Å². The SMILES string of the molecule is O=C1OCC/C1=C/c1cc2c(cc1[N+](=O)[O-])OCO2. The van der Waals surface area contributed by atoms with Crippen LogP contribution >= 0.6 is 0 Å². The van der Waals surface area contributed by atoms with Gasteiger partial charge in [-0.3, -0.25) is 10.1 Å². The van der Waals surface area contributed by atoms with Gasteiger partial charge < -0.3 is 14.2 Å². The van der Waals surface area contributed by atoms with Crippen molar-refractivity contribution >= 4 is 17.7 Å². The Hall–Kier alpha value is -2.57. The monoisotopic (exact) mass is 263 g/mol. The molecule has 19 heavy (non-hydrogen) atoms. The Balaban J connectivity index is 2.09. The highest BCUT2D eigenvalue weighted by Gasteiger charge is 2.25. The first-order valence-electron chi connectivity index (χ1n) is 5.61. The first kappa shape index (κ1) is 11.5. The second-order valence-electron chi connectivity index (χ2n) is 4.08. The molecule has 0 radical (unpaired) electrons. The van der Waals surface area contributed by atoms with Gasteiger partial charge in [0.2, 0.25) is 6.79 Å². The van der Waals surface area contributed by atoms with E-state index in [-0.39, 0.29) is 12.5 Å². The van der Waals surface area contributed by atoms with Gasteiger partial charge in [-0.2, -0.15) is 0 Å². The van der Waals surface area contributed by atoms with Crippen molar-refractivity contribution in [1.29, 1.82) is 0 Å². The minimum Gasteiger partial charge on any atom is -0.462 e. The molecule has 1 saturated heterocycles. The van der Waals surface area contributed by atoms with E-state index in [1.807, 2.05) is 0 Å². The Morgan fingerprint density at radius 1 is 1.21 bits per heavy atom. The van der Waals surface area contributed by atoms with Crippen LogP contribution in [0, 0.1) is 10.1 Å². The third kappa shape index (κ3) is 1.99. The standard InChI is InChI=1S/C12H9NO6/c14-12-7(1-2-17-12)3-8-4-10-11(19-6-18-10)5-9(8)13(15)16/h3-5H,1-2,6H2/b7-3-. The van der Waals surface area contributed by atoms with Gasteiger partial charge in [0.05, 0.1) is 23.2 Å². The van der Waals surface area contributed by atoms with Crippen molar-refractivity contribution in [3.8, 4) is 11.5 Å². The summed E-state index contributed by atoms with van der Waals surface area (Å²) in [7, 11) is 0. The molecule has 0 atom stereocenters. The van der Waals surface area contributed by atoms with E-state index in [0.717, 1.165) is 0 Å². The van der Waals surface area contributed by atoms with Crippen LogP contribution in [-0.4, -0.2) is 24.3 Å². The summed E-state index contributed by atoms with van der Waals surface area (Å²) in [6, 6.07) is 2.80. The van der Waals surface area contributed by atoms with E-state index >= 15 is 0 Å². The number of nitrogens with zero attached hydrogens (tertiary/aromatic N) is 1. The molecule has 0 amide bonds. The van der Waals surface area contributed by atoms with E-state index < -0.39 is 10.9 Å². The van der Waals surface area contributed by atoms with Crippen molar-refractivity contribution in [3.05, 3.63) is 33.4 Å². The number of nitro groups is 1. The van der Waals surface area contributed by atoms with Crippen molar-refractivity contribution in [2.45, 2.75) is 6.42 Å². The Labute approximate surface area is 107 Å². The van der Waals surface area contributed by atoms with Crippen LogP contribution in [-0.2, 0) is 9.53 Å². The molecule has 0 saturated carbocycles. The number of rotatable bonds is 2.